The highest BCUT2D eigenvalue weighted by molar-refractivity contribution is 6.34. The van der Waals surface area contributed by atoms with Crippen molar-refractivity contribution in [1.82, 2.24) is 0 Å². The zero-order valence-electron chi connectivity index (χ0n) is 14.7. The molecule has 0 spiro atoms. The molecule has 0 saturated carbocycles. The Hall–Kier alpha value is -2.94. The van der Waals surface area contributed by atoms with Crippen LogP contribution in [0.5, 0.6) is 5.75 Å². The minimum atomic E-state index is -0.130. The van der Waals surface area contributed by atoms with E-state index in [-0.39, 0.29) is 11.2 Å². The summed E-state index contributed by atoms with van der Waals surface area (Å²) < 4.78 is 2.18. The molecule has 0 radical (unpaired) electrons. The number of rotatable bonds is 2. The van der Waals surface area contributed by atoms with E-state index in [4.69, 9.17) is 4.99 Å². The van der Waals surface area contributed by atoms with Gasteiger partial charge in [-0.1, -0.05) is 48.5 Å². The molecule has 25 heavy (non-hydrogen) atoms. The van der Waals surface area contributed by atoms with E-state index in [9.17, 15) is 5.11 Å². The fourth-order valence-electron chi connectivity index (χ4n) is 3.73. The molecule has 3 aromatic carbocycles. The standard InChI is InChI=1S/C22H20N2O/c1-22(2)17-10-6-7-11-18(17)24(3)20(22)14-23-21-16-9-5-4-8-15(16)12-13-19(21)25/h4-14H,1-3H3/p+1. The molecule has 4 rings (SSSR count). The predicted molar refractivity (Wildman–Crippen MR) is 104 cm³/mol. The highest BCUT2D eigenvalue weighted by atomic mass is 16.3. The normalized spacial score (nSPS) is 16.0. The number of aromatic hydroxyl groups is 1. The molecule has 1 aliphatic heterocycles. The van der Waals surface area contributed by atoms with Gasteiger partial charge in [0.15, 0.2) is 0 Å². The molecular weight excluding hydrogens is 308 g/mol. The van der Waals surface area contributed by atoms with Gasteiger partial charge in [-0.25, -0.2) is 4.99 Å². The molecule has 0 atom stereocenters. The molecule has 0 bridgehead atoms. The van der Waals surface area contributed by atoms with E-state index in [0.29, 0.717) is 5.69 Å². The van der Waals surface area contributed by atoms with Gasteiger partial charge in [0, 0.05) is 17.0 Å². The summed E-state index contributed by atoms with van der Waals surface area (Å²) >= 11 is 0. The third-order valence-electron chi connectivity index (χ3n) is 5.14. The average Bonchev–Trinajstić information content (AvgIpc) is 2.81. The molecule has 3 heteroatoms. The lowest BCUT2D eigenvalue weighted by Crippen LogP contribution is -2.29. The zero-order valence-corrected chi connectivity index (χ0v) is 14.7. The van der Waals surface area contributed by atoms with Crippen LogP contribution in [0.4, 0.5) is 11.4 Å². The first-order valence-corrected chi connectivity index (χ1v) is 8.45. The maximum absolute atomic E-state index is 10.3. The van der Waals surface area contributed by atoms with E-state index in [1.807, 2.05) is 36.5 Å². The summed E-state index contributed by atoms with van der Waals surface area (Å²) in [4.78, 5) is 4.69. The van der Waals surface area contributed by atoms with Crippen LogP contribution in [0.2, 0.25) is 0 Å². The quantitative estimate of drug-likeness (QED) is 0.524. The first-order chi connectivity index (χ1) is 12.0. The Morgan fingerprint density at radius 2 is 1.68 bits per heavy atom. The van der Waals surface area contributed by atoms with Crippen molar-refractivity contribution in [3.63, 3.8) is 0 Å². The first kappa shape index (κ1) is 15.6. The van der Waals surface area contributed by atoms with Gasteiger partial charge in [0.1, 0.15) is 18.5 Å². The van der Waals surface area contributed by atoms with Gasteiger partial charge in [-0.15, -0.1) is 0 Å². The maximum Gasteiger partial charge on any atom is 0.210 e. The second kappa shape index (κ2) is 5.55. The Morgan fingerprint density at radius 1 is 0.960 bits per heavy atom. The molecule has 1 aliphatic rings. The lowest BCUT2D eigenvalue weighted by Gasteiger charge is -2.14. The topological polar surface area (TPSA) is 35.6 Å². The van der Waals surface area contributed by atoms with Crippen LogP contribution in [-0.4, -0.2) is 28.7 Å². The van der Waals surface area contributed by atoms with Crippen molar-refractivity contribution < 1.29 is 9.68 Å². The number of benzene rings is 3. The lowest BCUT2D eigenvalue weighted by molar-refractivity contribution is -0.400. The summed E-state index contributed by atoms with van der Waals surface area (Å²) in [6.07, 6.45) is 1.89. The lowest BCUT2D eigenvalue weighted by atomic mass is 9.82. The molecule has 0 fully saturated rings. The highest BCUT2D eigenvalue weighted by Gasteiger charge is 2.43. The summed E-state index contributed by atoms with van der Waals surface area (Å²) in [7, 11) is 2.07. The van der Waals surface area contributed by atoms with E-state index >= 15 is 0 Å². The van der Waals surface area contributed by atoms with Crippen LogP contribution in [0.25, 0.3) is 10.8 Å². The Bertz CT molecular complexity index is 1040. The Labute approximate surface area is 147 Å². The van der Waals surface area contributed by atoms with Crippen LogP contribution in [0, 0.1) is 0 Å². The second-order valence-electron chi connectivity index (χ2n) is 7.00. The van der Waals surface area contributed by atoms with E-state index in [1.165, 1.54) is 11.3 Å². The summed E-state index contributed by atoms with van der Waals surface area (Å²) in [6, 6.07) is 20.0. The number of nitrogens with zero attached hydrogens (tertiary/aromatic N) is 2. The van der Waals surface area contributed by atoms with Crippen molar-refractivity contribution in [1.29, 1.82) is 0 Å². The van der Waals surface area contributed by atoms with Gasteiger partial charge in [-0.05, 0) is 25.3 Å². The summed E-state index contributed by atoms with van der Waals surface area (Å²) in [5.41, 5.74) is 4.10. The number of phenolic OH excluding ortho intramolecular Hbond substituents is 1. The third kappa shape index (κ3) is 2.35. The summed E-state index contributed by atoms with van der Waals surface area (Å²) in [5.74, 6) is 0.200. The second-order valence-corrected chi connectivity index (χ2v) is 7.00. The smallest absolute Gasteiger partial charge is 0.210 e. The van der Waals surface area contributed by atoms with E-state index in [0.717, 1.165) is 16.5 Å². The number of phenols is 1. The van der Waals surface area contributed by atoms with Gasteiger partial charge in [0.25, 0.3) is 0 Å². The van der Waals surface area contributed by atoms with Crippen molar-refractivity contribution in [3.8, 4) is 5.75 Å². The van der Waals surface area contributed by atoms with Gasteiger partial charge in [-0.3, -0.25) is 0 Å². The van der Waals surface area contributed by atoms with E-state index < -0.39 is 0 Å². The molecule has 124 valence electrons. The number of hydrogen-bond acceptors (Lipinski definition) is 2. The molecule has 0 amide bonds. The van der Waals surface area contributed by atoms with Gasteiger partial charge < -0.3 is 5.11 Å². The van der Waals surface area contributed by atoms with E-state index in [1.54, 1.807) is 6.07 Å². The summed E-state index contributed by atoms with van der Waals surface area (Å²) in [5, 5.41) is 12.3. The number of hydrogen-bond donors (Lipinski definition) is 1. The van der Waals surface area contributed by atoms with Gasteiger partial charge in [0.2, 0.25) is 11.4 Å². The van der Waals surface area contributed by atoms with Crippen LogP contribution in [0.15, 0.2) is 65.7 Å². The average molecular weight is 329 g/mol. The van der Waals surface area contributed by atoms with Crippen molar-refractivity contribution in [2.75, 3.05) is 7.05 Å². The van der Waals surface area contributed by atoms with Crippen LogP contribution in [0.1, 0.15) is 19.4 Å². The van der Waals surface area contributed by atoms with Crippen LogP contribution in [-0.2, 0) is 5.41 Å². The molecule has 0 saturated heterocycles. The number of fused-ring (bicyclic) bond motifs is 2. The SMILES string of the molecule is C[N+]1=C(C=Nc2c(O)ccc3ccccc23)C(C)(C)c2ccccc21. The molecule has 0 aliphatic carbocycles. The van der Waals surface area contributed by atoms with Gasteiger partial charge in [0.05, 0.1) is 11.6 Å². The Balaban J connectivity index is 1.84. The van der Waals surface area contributed by atoms with Crippen LogP contribution in [0.3, 0.4) is 0 Å². The molecular formula is C22H21N2O+. The zero-order chi connectivity index (χ0) is 17.6. The van der Waals surface area contributed by atoms with Crippen molar-refractivity contribution >= 4 is 34.1 Å². The van der Waals surface area contributed by atoms with Gasteiger partial charge in [-0.2, -0.15) is 4.58 Å². The predicted octanol–water partition coefficient (Wildman–Crippen LogP) is 4.95. The molecule has 1 N–H and O–H groups in total. The van der Waals surface area contributed by atoms with Gasteiger partial charge >= 0.3 is 0 Å². The number of para-hydroxylation sites is 1. The van der Waals surface area contributed by atoms with E-state index in [2.05, 4.69) is 49.7 Å². The minimum absolute atomic E-state index is 0.130. The largest absolute Gasteiger partial charge is 0.506 e. The first-order valence-electron chi connectivity index (χ1n) is 8.45. The van der Waals surface area contributed by atoms with Crippen molar-refractivity contribution in [3.05, 3.63) is 66.2 Å². The van der Waals surface area contributed by atoms with Crippen molar-refractivity contribution in [2.24, 2.45) is 4.99 Å². The maximum atomic E-state index is 10.3. The minimum Gasteiger partial charge on any atom is -0.506 e. The van der Waals surface area contributed by atoms with Crippen LogP contribution >= 0.6 is 0 Å². The molecule has 0 aromatic heterocycles. The molecule has 1 heterocycles. The fraction of sp³-hybridized carbons (Fsp3) is 0.182. The molecule has 3 nitrogen and oxygen atoms in total. The molecule has 3 aromatic rings. The Morgan fingerprint density at radius 3 is 2.48 bits per heavy atom. The third-order valence-corrected chi connectivity index (χ3v) is 5.14. The number of aliphatic imine (C=N–C) groups is 1. The fourth-order valence-corrected chi connectivity index (χ4v) is 3.73. The van der Waals surface area contributed by atoms with Crippen LogP contribution < -0.4 is 0 Å². The Kier molecular flexibility index (Phi) is 3.46. The summed E-state index contributed by atoms with van der Waals surface area (Å²) in [6.45, 7) is 4.42. The highest BCUT2D eigenvalue weighted by Crippen LogP contribution is 2.39. The van der Waals surface area contributed by atoms with Crippen molar-refractivity contribution in [2.45, 2.75) is 19.3 Å². The molecule has 0 unspecified atom stereocenters. The monoisotopic (exact) mass is 329 g/mol.